The molecule has 0 aliphatic heterocycles. The van der Waals surface area contributed by atoms with Gasteiger partial charge in [-0.15, -0.1) is 0 Å². The van der Waals surface area contributed by atoms with Crippen LogP contribution < -0.4 is 4.90 Å². The largest absolute Gasteiger partial charge is 0.363 e. The van der Waals surface area contributed by atoms with Crippen LogP contribution in [0.3, 0.4) is 0 Å². The van der Waals surface area contributed by atoms with Gasteiger partial charge in [0.15, 0.2) is 0 Å². The summed E-state index contributed by atoms with van der Waals surface area (Å²) in [5.74, 6) is 0. The van der Waals surface area contributed by atoms with Gasteiger partial charge in [-0.2, -0.15) is 0 Å². The van der Waals surface area contributed by atoms with Gasteiger partial charge in [-0.3, -0.25) is 0 Å². The van der Waals surface area contributed by atoms with Crippen LogP contribution >= 0.6 is 11.6 Å². The molecule has 0 aliphatic rings. The Morgan fingerprint density at radius 1 is 0.800 bits per heavy atom. The Morgan fingerprint density at radius 3 is 2.28 bits per heavy atom. The van der Waals surface area contributed by atoms with Crippen LogP contribution in [0.25, 0.3) is 10.9 Å². The van der Waals surface area contributed by atoms with Crippen LogP contribution in [0.2, 0.25) is 5.02 Å². The second-order valence-corrected chi connectivity index (χ2v) is 6.57. The summed E-state index contributed by atoms with van der Waals surface area (Å²) in [6.45, 7) is 0. The lowest BCUT2D eigenvalue weighted by atomic mass is 9.96. The van der Waals surface area contributed by atoms with Gasteiger partial charge in [0.2, 0.25) is 0 Å². The van der Waals surface area contributed by atoms with Crippen LogP contribution in [0.1, 0.15) is 17.2 Å². The Hall–Kier alpha value is -2.71. The average Bonchev–Trinajstić information content (AvgIpc) is 3.08. The number of aromatic amines is 1. The highest BCUT2D eigenvalue weighted by Gasteiger charge is 2.24. The van der Waals surface area contributed by atoms with Gasteiger partial charge in [0, 0.05) is 40.4 Å². The van der Waals surface area contributed by atoms with Crippen molar-refractivity contribution in [1.29, 1.82) is 0 Å². The number of H-pyrrole nitrogens is 1. The molecular weight excluding hydrogens is 328 g/mol. The molecule has 1 N–H and O–H groups in total. The first-order valence-corrected chi connectivity index (χ1v) is 8.72. The van der Waals surface area contributed by atoms with Gasteiger partial charge < -0.3 is 9.88 Å². The van der Waals surface area contributed by atoms with Crippen LogP contribution in [0.5, 0.6) is 0 Å². The number of nitrogens with one attached hydrogen (secondary N) is 1. The zero-order chi connectivity index (χ0) is 17.2. The molecule has 0 bridgehead atoms. The van der Waals surface area contributed by atoms with E-state index in [1.54, 1.807) is 0 Å². The van der Waals surface area contributed by atoms with Gasteiger partial charge >= 0.3 is 0 Å². The molecule has 0 radical (unpaired) electrons. The first-order chi connectivity index (χ1) is 12.3. The quantitative estimate of drug-likeness (QED) is 0.476. The summed E-state index contributed by atoms with van der Waals surface area (Å²) in [5.41, 5.74) is 4.60. The number of nitrogens with zero attached hydrogens (tertiary/aromatic N) is 1. The minimum atomic E-state index is 0.0206. The van der Waals surface area contributed by atoms with Gasteiger partial charge in [-0.05, 0) is 29.8 Å². The lowest BCUT2D eigenvalue weighted by molar-refractivity contribution is 0.789. The van der Waals surface area contributed by atoms with E-state index in [-0.39, 0.29) is 6.04 Å². The summed E-state index contributed by atoms with van der Waals surface area (Å²) in [6, 6.07) is 26.9. The lowest BCUT2D eigenvalue weighted by Gasteiger charge is -2.31. The van der Waals surface area contributed by atoms with Gasteiger partial charge in [0.05, 0.1) is 6.04 Å². The number of para-hydroxylation sites is 2. The fourth-order valence-corrected chi connectivity index (χ4v) is 3.65. The second kappa shape index (κ2) is 6.66. The number of halogens is 1. The van der Waals surface area contributed by atoms with Crippen LogP contribution in [-0.4, -0.2) is 12.0 Å². The molecule has 1 aromatic heterocycles. The molecule has 1 unspecified atom stereocenters. The van der Waals surface area contributed by atoms with Crippen LogP contribution in [0.4, 0.5) is 5.69 Å². The van der Waals surface area contributed by atoms with E-state index in [0.717, 1.165) is 21.8 Å². The van der Waals surface area contributed by atoms with E-state index in [4.69, 9.17) is 11.6 Å². The Balaban J connectivity index is 1.92. The number of aromatic nitrogens is 1. The molecule has 0 aliphatic carbocycles. The zero-order valence-corrected chi connectivity index (χ0v) is 14.7. The monoisotopic (exact) mass is 346 g/mol. The number of anilines is 1. The predicted octanol–water partition coefficient (Wildman–Crippen LogP) is 6.05. The Bertz CT molecular complexity index is 991. The van der Waals surface area contributed by atoms with Crippen molar-refractivity contribution >= 4 is 28.2 Å². The van der Waals surface area contributed by atoms with Crippen molar-refractivity contribution in [1.82, 2.24) is 4.98 Å². The van der Waals surface area contributed by atoms with Crippen LogP contribution in [0.15, 0.2) is 85.1 Å². The maximum absolute atomic E-state index is 6.58. The number of fused-ring (bicyclic) bond motifs is 1. The fraction of sp³-hybridized carbons (Fsp3) is 0.0909. The van der Waals surface area contributed by atoms with E-state index in [1.807, 2.05) is 30.3 Å². The Morgan fingerprint density at radius 2 is 1.48 bits per heavy atom. The molecule has 4 aromatic rings. The third-order valence-corrected chi connectivity index (χ3v) is 5.01. The van der Waals surface area contributed by atoms with Crippen molar-refractivity contribution < 1.29 is 0 Å². The molecule has 0 amide bonds. The van der Waals surface area contributed by atoms with Crippen molar-refractivity contribution in [2.75, 3.05) is 11.9 Å². The molecule has 25 heavy (non-hydrogen) atoms. The predicted molar refractivity (Wildman–Crippen MR) is 106 cm³/mol. The maximum atomic E-state index is 6.58. The third-order valence-electron chi connectivity index (χ3n) is 4.67. The summed E-state index contributed by atoms with van der Waals surface area (Å²) in [4.78, 5) is 5.67. The minimum absolute atomic E-state index is 0.0206. The van der Waals surface area contributed by atoms with Gasteiger partial charge in [-0.25, -0.2) is 0 Å². The maximum Gasteiger partial charge on any atom is 0.0827 e. The highest BCUT2D eigenvalue weighted by molar-refractivity contribution is 6.31. The molecule has 3 aromatic carbocycles. The van der Waals surface area contributed by atoms with E-state index in [9.17, 15) is 0 Å². The van der Waals surface area contributed by atoms with Crippen molar-refractivity contribution in [2.45, 2.75) is 6.04 Å². The van der Waals surface area contributed by atoms with Crippen molar-refractivity contribution in [3.05, 3.63) is 101 Å². The van der Waals surface area contributed by atoms with E-state index in [2.05, 4.69) is 71.7 Å². The Labute approximate surface area is 152 Å². The molecule has 4 rings (SSSR count). The van der Waals surface area contributed by atoms with Crippen molar-refractivity contribution in [3.8, 4) is 0 Å². The highest BCUT2D eigenvalue weighted by atomic mass is 35.5. The summed E-state index contributed by atoms with van der Waals surface area (Å²) in [6.07, 6.45) is 2.10. The van der Waals surface area contributed by atoms with Gasteiger partial charge in [0.25, 0.3) is 0 Å². The standard InChI is InChI=1S/C22H19ClN2/c1-25(16-9-3-2-4-10-16)22(18-12-5-7-13-20(18)23)19-15-24-21-14-8-6-11-17(19)21/h2-15,22,24H,1H3. The Kier molecular flexibility index (Phi) is 4.21. The van der Waals surface area contributed by atoms with Crippen molar-refractivity contribution in [2.24, 2.45) is 0 Å². The smallest absolute Gasteiger partial charge is 0.0827 e. The second-order valence-electron chi connectivity index (χ2n) is 6.16. The van der Waals surface area contributed by atoms with Crippen LogP contribution in [-0.2, 0) is 0 Å². The minimum Gasteiger partial charge on any atom is -0.363 e. The van der Waals surface area contributed by atoms with E-state index < -0.39 is 0 Å². The molecule has 1 atom stereocenters. The summed E-state index contributed by atoms with van der Waals surface area (Å²) in [7, 11) is 2.12. The molecule has 124 valence electrons. The molecule has 2 nitrogen and oxygen atoms in total. The molecule has 1 heterocycles. The number of hydrogen-bond acceptors (Lipinski definition) is 1. The molecular formula is C22H19ClN2. The molecule has 0 spiro atoms. The highest BCUT2D eigenvalue weighted by Crippen LogP contribution is 2.38. The normalized spacial score (nSPS) is 12.2. The SMILES string of the molecule is CN(c1ccccc1)C(c1ccccc1Cl)c1c[nH]c2ccccc12. The summed E-state index contributed by atoms with van der Waals surface area (Å²) < 4.78 is 0. The molecule has 0 saturated carbocycles. The number of hydrogen-bond donors (Lipinski definition) is 1. The fourth-order valence-electron chi connectivity index (χ4n) is 3.41. The first kappa shape index (κ1) is 15.8. The number of benzene rings is 3. The first-order valence-electron chi connectivity index (χ1n) is 8.34. The number of rotatable bonds is 4. The third kappa shape index (κ3) is 2.90. The van der Waals surface area contributed by atoms with Crippen molar-refractivity contribution in [3.63, 3.8) is 0 Å². The zero-order valence-electron chi connectivity index (χ0n) is 14.0. The van der Waals surface area contributed by atoms with E-state index in [1.165, 1.54) is 10.9 Å². The average molecular weight is 347 g/mol. The molecule has 0 saturated heterocycles. The van der Waals surface area contributed by atoms with Crippen LogP contribution in [0, 0.1) is 0 Å². The lowest BCUT2D eigenvalue weighted by Crippen LogP contribution is -2.25. The topological polar surface area (TPSA) is 19.0 Å². The van der Waals surface area contributed by atoms with E-state index in [0.29, 0.717) is 0 Å². The summed E-state index contributed by atoms with van der Waals surface area (Å²) in [5, 5.41) is 2.00. The van der Waals surface area contributed by atoms with Gasteiger partial charge in [0.1, 0.15) is 0 Å². The van der Waals surface area contributed by atoms with E-state index >= 15 is 0 Å². The summed E-state index contributed by atoms with van der Waals surface area (Å²) >= 11 is 6.58. The molecule has 0 fully saturated rings. The van der Waals surface area contributed by atoms with Gasteiger partial charge in [-0.1, -0.05) is 66.2 Å². The molecule has 3 heteroatoms.